The third kappa shape index (κ3) is 2.66. The molecule has 3 rings (SSSR count). The summed E-state index contributed by atoms with van der Waals surface area (Å²) in [5.41, 5.74) is 0.0358. The van der Waals surface area contributed by atoms with Gasteiger partial charge in [0.15, 0.2) is 5.69 Å². The first-order chi connectivity index (χ1) is 10.7. The number of nitrogens with zero attached hydrogens (tertiary/aromatic N) is 2. The highest BCUT2D eigenvalue weighted by Gasteiger charge is 2.56. The Balaban J connectivity index is 1.70. The van der Waals surface area contributed by atoms with Crippen LogP contribution in [-0.2, 0) is 9.47 Å². The molecule has 0 bridgehead atoms. The third-order valence-corrected chi connectivity index (χ3v) is 4.77. The van der Waals surface area contributed by atoms with Crippen molar-refractivity contribution in [2.45, 2.75) is 38.3 Å². The first-order valence-corrected chi connectivity index (χ1v) is 7.67. The SMILES string of the molecule is CCOC1CC(Nc2cnc(C(=O)O)cn2)C12CCOCC2. The van der Waals surface area contributed by atoms with E-state index in [9.17, 15) is 4.79 Å². The van der Waals surface area contributed by atoms with Crippen LogP contribution in [0.15, 0.2) is 12.4 Å². The molecule has 2 unspecified atom stereocenters. The van der Waals surface area contributed by atoms with Crippen LogP contribution < -0.4 is 5.32 Å². The monoisotopic (exact) mass is 307 g/mol. The molecule has 1 spiro atoms. The number of carbonyl (C=O) groups is 1. The van der Waals surface area contributed by atoms with Gasteiger partial charge in [0.05, 0.1) is 18.5 Å². The molecular formula is C15H21N3O4. The van der Waals surface area contributed by atoms with Gasteiger partial charge in [-0.25, -0.2) is 14.8 Å². The van der Waals surface area contributed by atoms with Gasteiger partial charge in [-0.3, -0.25) is 0 Å². The second-order valence-corrected chi connectivity index (χ2v) is 5.81. The summed E-state index contributed by atoms with van der Waals surface area (Å²) in [7, 11) is 0. The smallest absolute Gasteiger partial charge is 0.356 e. The van der Waals surface area contributed by atoms with Gasteiger partial charge in [0.25, 0.3) is 0 Å². The lowest BCUT2D eigenvalue weighted by molar-refractivity contribution is -0.159. The lowest BCUT2D eigenvalue weighted by Gasteiger charge is -2.57. The minimum atomic E-state index is -1.07. The van der Waals surface area contributed by atoms with Gasteiger partial charge in [0.2, 0.25) is 0 Å². The normalized spacial score (nSPS) is 26.4. The van der Waals surface area contributed by atoms with E-state index in [2.05, 4.69) is 15.3 Å². The van der Waals surface area contributed by atoms with Gasteiger partial charge in [0, 0.05) is 31.3 Å². The zero-order valence-electron chi connectivity index (χ0n) is 12.6. The summed E-state index contributed by atoms with van der Waals surface area (Å²) in [6, 6.07) is 0.262. The molecule has 2 heterocycles. The Hall–Kier alpha value is -1.73. The lowest BCUT2D eigenvalue weighted by Crippen LogP contribution is -2.63. The van der Waals surface area contributed by atoms with Crippen molar-refractivity contribution in [2.75, 3.05) is 25.1 Å². The van der Waals surface area contributed by atoms with Gasteiger partial charge in [0.1, 0.15) is 5.82 Å². The van der Waals surface area contributed by atoms with Crippen LogP contribution in [0.5, 0.6) is 0 Å². The lowest BCUT2D eigenvalue weighted by atomic mass is 9.57. The molecule has 1 saturated heterocycles. The van der Waals surface area contributed by atoms with Crippen LogP contribution in [0, 0.1) is 5.41 Å². The molecule has 2 N–H and O–H groups in total. The van der Waals surface area contributed by atoms with E-state index in [0.29, 0.717) is 12.4 Å². The zero-order chi connectivity index (χ0) is 15.6. The molecule has 1 saturated carbocycles. The second-order valence-electron chi connectivity index (χ2n) is 5.81. The Kier molecular flexibility index (Phi) is 4.26. The molecule has 120 valence electrons. The molecule has 22 heavy (non-hydrogen) atoms. The predicted octanol–water partition coefficient (Wildman–Crippen LogP) is 1.56. The first kappa shape index (κ1) is 15.2. The van der Waals surface area contributed by atoms with E-state index in [1.54, 1.807) is 0 Å². The zero-order valence-corrected chi connectivity index (χ0v) is 12.6. The van der Waals surface area contributed by atoms with Crippen molar-refractivity contribution in [3.05, 3.63) is 18.1 Å². The number of rotatable bonds is 5. The number of hydrogen-bond acceptors (Lipinski definition) is 6. The molecule has 7 nitrogen and oxygen atoms in total. The molecule has 7 heteroatoms. The van der Waals surface area contributed by atoms with Gasteiger partial charge >= 0.3 is 5.97 Å². The standard InChI is InChI=1S/C15H21N3O4/c1-2-22-12-7-11(15(12)3-5-21-6-4-15)18-13-9-16-10(8-17-13)14(19)20/h8-9,11-12H,2-7H2,1H3,(H,17,18)(H,19,20). The molecule has 0 radical (unpaired) electrons. The molecule has 2 fully saturated rings. The maximum Gasteiger partial charge on any atom is 0.356 e. The van der Waals surface area contributed by atoms with Crippen molar-refractivity contribution in [1.82, 2.24) is 9.97 Å². The van der Waals surface area contributed by atoms with Crippen LogP contribution in [0.3, 0.4) is 0 Å². The van der Waals surface area contributed by atoms with E-state index in [1.807, 2.05) is 6.92 Å². The quantitative estimate of drug-likeness (QED) is 0.852. The number of hydrogen-bond donors (Lipinski definition) is 2. The first-order valence-electron chi connectivity index (χ1n) is 7.67. The minimum absolute atomic E-state index is 0.0490. The van der Waals surface area contributed by atoms with Crippen LogP contribution in [-0.4, -0.2) is 53.0 Å². The number of carboxylic acid groups (broad SMARTS) is 1. The van der Waals surface area contributed by atoms with E-state index in [1.165, 1.54) is 12.4 Å². The van der Waals surface area contributed by atoms with Crippen LogP contribution in [0.4, 0.5) is 5.82 Å². The maximum atomic E-state index is 10.8. The summed E-state index contributed by atoms with van der Waals surface area (Å²) >= 11 is 0. The van der Waals surface area contributed by atoms with Crippen molar-refractivity contribution in [3.63, 3.8) is 0 Å². The molecule has 0 amide bonds. The largest absolute Gasteiger partial charge is 0.476 e. The summed E-state index contributed by atoms with van der Waals surface area (Å²) in [4.78, 5) is 18.8. The molecule has 1 aliphatic heterocycles. The number of nitrogens with one attached hydrogen (secondary N) is 1. The number of anilines is 1. The van der Waals surface area contributed by atoms with Gasteiger partial charge in [-0.15, -0.1) is 0 Å². The fourth-order valence-electron chi connectivity index (χ4n) is 3.50. The highest BCUT2D eigenvalue weighted by Crippen LogP contribution is 2.51. The van der Waals surface area contributed by atoms with Crippen molar-refractivity contribution in [2.24, 2.45) is 5.41 Å². The number of aromatic carboxylic acids is 1. The van der Waals surface area contributed by atoms with Crippen LogP contribution >= 0.6 is 0 Å². The van der Waals surface area contributed by atoms with Crippen LogP contribution in [0.2, 0.25) is 0 Å². The Morgan fingerprint density at radius 3 is 2.82 bits per heavy atom. The molecule has 2 atom stereocenters. The van der Waals surface area contributed by atoms with Gasteiger partial charge in [-0.05, 0) is 26.2 Å². The Morgan fingerprint density at radius 1 is 1.45 bits per heavy atom. The van der Waals surface area contributed by atoms with Crippen molar-refractivity contribution in [3.8, 4) is 0 Å². The summed E-state index contributed by atoms with van der Waals surface area (Å²) < 4.78 is 11.4. The van der Waals surface area contributed by atoms with E-state index < -0.39 is 5.97 Å². The molecular weight excluding hydrogens is 286 g/mol. The fraction of sp³-hybridized carbons (Fsp3) is 0.667. The Morgan fingerprint density at radius 2 is 2.23 bits per heavy atom. The summed E-state index contributed by atoms with van der Waals surface area (Å²) in [6.07, 6.45) is 5.87. The minimum Gasteiger partial charge on any atom is -0.476 e. The second kappa shape index (κ2) is 6.18. The highest BCUT2D eigenvalue weighted by atomic mass is 16.5. The van der Waals surface area contributed by atoms with E-state index in [0.717, 1.165) is 32.5 Å². The maximum absolute atomic E-state index is 10.8. The van der Waals surface area contributed by atoms with E-state index in [4.69, 9.17) is 14.6 Å². The molecule has 2 aliphatic rings. The summed E-state index contributed by atoms with van der Waals surface area (Å²) in [6.45, 7) is 4.24. The van der Waals surface area contributed by atoms with Crippen LogP contribution in [0.25, 0.3) is 0 Å². The highest BCUT2D eigenvalue weighted by molar-refractivity contribution is 5.84. The Bertz CT molecular complexity index is 528. The predicted molar refractivity (Wildman–Crippen MR) is 78.9 cm³/mol. The number of aromatic nitrogens is 2. The number of carboxylic acids is 1. The van der Waals surface area contributed by atoms with Crippen LogP contribution in [0.1, 0.15) is 36.7 Å². The Labute approximate surface area is 129 Å². The molecule has 1 aromatic rings. The van der Waals surface area contributed by atoms with Gasteiger partial charge in [-0.2, -0.15) is 0 Å². The van der Waals surface area contributed by atoms with Crippen molar-refractivity contribution >= 4 is 11.8 Å². The van der Waals surface area contributed by atoms with Crippen molar-refractivity contribution in [1.29, 1.82) is 0 Å². The summed E-state index contributed by atoms with van der Waals surface area (Å²) in [5, 5.41) is 12.2. The average molecular weight is 307 g/mol. The topological polar surface area (TPSA) is 93.6 Å². The molecule has 1 aliphatic carbocycles. The average Bonchev–Trinajstić information content (AvgIpc) is 2.55. The fourth-order valence-corrected chi connectivity index (χ4v) is 3.50. The third-order valence-electron chi connectivity index (χ3n) is 4.77. The van der Waals surface area contributed by atoms with Crippen molar-refractivity contribution < 1.29 is 19.4 Å². The molecule has 0 aromatic carbocycles. The molecule has 1 aromatic heterocycles. The van der Waals surface area contributed by atoms with Gasteiger partial charge in [-0.1, -0.05) is 0 Å². The van der Waals surface area contributed by atoms with Gasteiger partial charge < -0.3 is 19.9 Å². The van der Waals surface area contributed by atoms with E-state index >= 15 is 0 Å². The summed E-state index contributed by atoms with van der Waals surface area (Å²) in [5.74, 6) is -0.462. The van der Waals surface area contributed by atoms with E-state index in [-0.39, 0.29) is 23.3 Å². The number of ether oxygens (including phenoxy) is 2.